The highest BCUT2D eigenvalue weighted by Gasteiger charge is 2.08. The first-order valence-electron chi connectivity index (χ1n) is 6.93. The number of fused-ring (bicyclic) bond motifs is 1. The van der Waals surface area contributed by atoms with Gasteiger partial charge in [0.05, 0.1) is 18.7 Å². The van der Waals surface area contributed by atoms with E-state index in [0.717, 1.165) is 29.6 Å². The molecule has 0 atom stereocenters. The van der Waals surface area contributed by atoms with Crippen LogP contribution in [0.15, 0.2) is 30.5 Å². The molecule has 0 fully saturated rings. The molecule has 2 aromatic rings. The van der Waals surface area contributed by atoms with Gasteiger partial charge in [-0.05, 0) is 38.5 Å². The van der Waals surface area contributed by atoms with E-state index in [0.29, 0.717) is 6.42 Å². The molecule has 0 radical (unpaired) electrons. The Balaban J connectivity index is 2.13. The van der Waals surface area contributed by atoms with Crippen molar-refractivity contribution in [2.45, 2.75) is 39.3 Å². The standard InChI is InChI=1S/C16H21NO3/c1-12(2)20-15-7-4-6-14-13(15)9-11-17(14)10-5-8-16(18)19-3/h4,6-7,9,11-12H,5,8,10H2,1-3H3. The van der Waals surface area contributed by atoms with E-state index in [9.17, 15) is 4.79 Å². The van der Waals surface area contributed by atoms with Gasteiger partial charge in [0.15, 0.2) is 0 Å². The summed E-state index contributed by atoms with van der Waals surface area (Å²) in [5.74, 6) is 0.745. The summed E-state index contributed by atoms with van der Waals surface area (Å²) in [4.78, 5) is 11.1. The van der Waals surface area contributed by atoms with Crippen LogP contribution in [0.3, 0.4) is 0 Å². The van der Waals surface area contributed by atoms with Gasteiger partial charge in [0.2, 0.25) is 0 Å². The summed E-state index contributed by atoms with van der Waals surface area (Å²) < 4.78 is 12.6. The van der Waals surface area contributed by atoms with Crippen molar-refractivity contribution in [3.05, 3.63) is 30.5 Å². The predicted molar refractivity (Wildman–Crippen MR) is 79.0 cm³/mol. The number of ether oxygens (including phenoxy) is 2. The fourth-order valence-corrected chi connectivity index (χ4v) is 2.24. The zero-order valence-electron chi connectivity index (χ0n) is 12.3. The second-order valence-electron chi connectivity index (χ2n) is 5.04. The number of esters is 1. The normalized spacial score (nSPS) is 11.0. The maximum absolute atomic E-state index is 11.1. The molecule has 1 aromatic heterocycles. The molecule has 0 aliphatic rings. The maximum Gasteiger partial charge on any atom is 0.305 e. The van der Waals surface area contributed by atoms with Gasteiger partial charge in [0.1, 0.15) is 5.75 Å². The van der Waals surface area contributed by atoms with Gasteiger partial charge in [-0.3, -0.25) is 4.79 Å². The van der Waals surface area contributed by atoms with Crippen LogP contribution in [0.25, 0.3) is 10.9 Å². The molecule has 0 aliphatic heterocycles. The lowest BCUT2D eigenvalue weighted by Crippen LogP contribution is -2.06. The van der Waals surface area contributed by atoms with Crippen LogP contribution in [0.4, 0.5) is 0 Å². The summed E-state index contributed by atoms with van der Waals surface area (Å²) in [5.41, 5.74) is 1.13. The molecule has 0 saturated heterocycles. The Bertz CT molecular complexity index is 586. The van der Waals surface area contributed by atoms with Crippen molar-refractivity contribution in [1.29, 1.82) is 0 Å². The zero-order chi connectivity index (χ0) is 14.5. The monoisotopic (exact) mass is 275 g/mol. The van der Waals surface area contributed by atoms with Crippen LogP contribution < -0.4 is 4.74 Å². The van der Waals surface area contributed by atoms with E-state index >= 15 is 0 Å². The van der Waals surface area contributed by atoms with Gasteiger partial charge in [-0.25, -0.2) is 0 Å². The van der Waals surface area contributed by atoms with Crippen LogP contribution in [0.1, 0.15) is 26.7 Å². The van der Waals surface area contributed by atoms with Crippen LogP contribution in [-0.2, 0) is 16.1 Å². The molecule has 0 N–H and O–H groups in total. The number of carbonyl (C=O) groups is 1. The number of nitrogens with zero attached hydrogens (tertiary/aromatic N) is 1. The molecule has 0 amide bonds. The average molecular weight is 275 g/mol. The SMILES string of the molecule is COC(=O)CCCn1ccc2c(OC(C)C)cccc21. The van der Waals surface area contributed by atoms with Crippen LogP contribution >= 0.6 is 0 Å². The number of aromatic nitrogens is 1. The summed E-state index contributed by atoms with van der Waals surface area (Å²) in [6.07, 6.45) is 3.41. The van der Waals surface area contributed by atoms with Crippen molar-refractivity contribution in [3.63, 3.8) is 0 Å². The zero-order valence-corrected chi connectivity index (χ0v) is 12.3. The van der Waals surface area contributed by atoms with Crippen molar-refractivity contribution in [3.8, 4) is 5.75 Å². The number of hydrogen-bond donors (Lipinski definition) is 0. The lowest BCUT2D eigenvalue weighted by atomic mass is 10.2. The lowest BCUT2D eigenvalue weighted by molar-refractivity contribution is -0.140. The summed E-state index contributed by atoms with van der Waals surface area (Å²) in [6, 6.07) is 8.11. The molecule has 0 bridgehead atoms. The Morgan fingerprint density at radius 2 is 2.10 bits per heavy atom. The van der Waals surface area contributed by atoms with Crippen molar-refractivity contribution < 1.29 is 14.3 Å². The summed E-state index contributed by atoms with van der Waals surface area (Å²) in [6.45, 7) is 4.84. The molecule has 0 spiro atoms. The Kier molecular flexibility index (Phi) is 4.66. The van der Waals surface area contributed by atoms with E-state index in [1.54, 1.807) is 0 Å². The molecule has 0 aliphatic carbocycles. The van der Waals surface area contributed by atoms with Crippen LogP contribution in [0.2, 0.25) is 0 Å². The quantitative estimate of drug-likeness (QED) is 0.759. The predicted octanol–water partition coefficient (Wildman–Crippen LogP) is 3.38. The van der Waals surface area contributed by atoms with E-state index in [2.05, 4.69) is 21.4 Å². The van der Waals surface area contributed by atoms with Crippen molar-refractivity contribution in [2.75, 3.05) is 7.11 Å². The van der Waals surface area contributed by atoms with Crippen LogP contribution in [0, 0.1) is 0 Å². The largest absolute Gasteiger partial charge is 0.490 e. The first kappa shape index (κ1) is 14.4. The average Bonchev–Trinajstić information content (AvgIpc) is 2.82. The second kappa shape index (κ2) is 6.46. The molecule has 4 heteroatoms. The molecule has 108 valence electrons. The van der Waals surface area contributed by atoms with Gasteiger partial charge in [0, 0.05) is 24.5 Å². The lowest BCUT2D eigenvalue weighted by Gasteiger charge is -2.11. The molecular formula is C16H21NO3. The highest BCUT2D eigenvalue weighted by atomic mass is 16.5. The Labute approximate surface area is 119 Å². The number of aryl methyl sites for hydroxylation is 1. The third-order valence-corrected chi connectivity index (χ3v) is 3.14. The first-order chi connectivity index (χ1) is 9.61. The first-order valence-corrected chi connectivity index (χ1v) is 6.93. The maximum atomic E-state index is 11.1. The topological polar surface area (TPSA) is 40.5 Å². The number of methoxy groups -OCH3 is 1. The summed E-state index contributed by atoms with van der Waals surface area (Å²) in [5, 5.41) is 1.11. The van der Waals surface area contributed by atoms with Gasteiger partial charge in [-0.15, -0.1) is 0 Å². The highest BCUT2D eigenvalue weighted by molar-refractivity contribution is 5.86. The molecule has 4 nitrogen and oxygen atoms in total. The number of rotatable bonds is 6. The van der Waals surface area contributed by atoms with E-state index in [4.69, 9.17) is 4.74 Å². The molecular weight excluding hydrogens is 254 g/mol. The van der Waals surface area contributed by atoms with Gasteiger partial charge in [-0.1, -0.05) is 6.07 Å². The number of hydrogen-bond acceptors (Lipinski definition) is 3. The van der Waals surface area contributed by atoms with Crippen LogP contribution in [0.5, 0.6) is 5.75 Å². The minimum absolute atomic E-state index is 0.156. The van der Waals surface area contributed by atoms with Gasteiger partial charge in [0.25, 0.3) is 0 Å². The summed E-state index contributed by atoms with van der Waals surface area (Å²) >= 11 is 0. The Hall–Kier alpha value is -1.97. The van der Waals surface area contributed by atoms with Crippen molar-refractivity contribution >= 4 is 16.9 Å². The van der Waals surface area contributed by atoms with E-state index in [-0.39, 0.29) is 12.1 Å². The minimum atomic E-state index is -0.162. The third-order valence-electron chi connectivity index (χ3n) is 3.14. The Morgan fingerprint density at radius 3 is 2.80 bits per heavy atom. The van der Waals surface area contributed by atoms with Crippen LogP contribution in [-0.4, -0.2) is 23.8 Å². The minimum Gasteiger partial charge on any atom is -0.490 e. The fourth-order valence-electron chi connectivity index (χ4n) is 2.24. The van der Waals surface area contributed by atoms with E-state index in [1.165, 1.54) is 7.11 Å². The van der Waals surface area contributed by atoms with Crippen molar-refractivity contribution in [1.82, 2.24) is 4.57 Å². The second-order valence-corrected chi connectivity index (χ2v) is 5.04. The Morgan fingerprint density at radius 1 is 1.30 bits per heavy atom. The molecule has 2 rings (SSSR count). The summed E-state index contributed by atoms with van der Waals surface area (Å²) in [7, 11) is 1.42. The van der Waals surface area contributed by atoms with Gasteiger partial charge in [-0.2, -0.15) is 0 Å². The van der Waals surface area contributed by atoms with E-state index < -0.39 is 0 Å². The smallest absolute Gasteiger partial charge is 0.305 e. The number of benzene rings is 1. The molecule has 0 unspecified atom stereocenters. The molecule has 20 heavy (non-hydrogen) atoms. The third kappa shape index (κ3) is 3.32. The highest BCUT2D eigenvalue weighted by Crippen LogP contribution is 2.27. The molecule has 1 aromatic carbocycles. The van der Waals surface area contributed by atoms with Gasteiger partial charge >= 0.3 is 5.97 Å². The fraction of sp³-hybridized carbons (Fsp3) is 0.438. The number of carbonyl (C=O) groups excluding carboxylic acids is 1. The van der Waals surface area contributed by atoms with Crippen molar-refractivity contribution in [2.24, 2.45) is 0 Å². The molecule has 0 saturated carbocycles. The van der Waals surface area contributed by atoms with Gasteiger partial charge < -0.3 is 14.0 Å². The van der Waals surface area contributed by atoms with E-state index in [1.807, 2.05) is 32.2 Å². The molecule has 1 heterocycles.